The summed E-state index contributed by atoms with van der Waals surface area (Å²) in [5, 5.41) is 9.12. The van der Waals surface area contributed by atoms with Crippen LogP contribution in [0.3, 0.4) is 0 Å². The Hall–Kier alpha value is -1.50. The number of unbranched alkanes of at least 4 members (excludes halogenated alkanes) is 24. The minimum atomic E-state index is -4.12. The van der Waals surface area contributed by atoms with E-state index in [0.717, 1.165) is 81.9 Å². The Bertz CT molecular complexity index is 1050. The van der Waals surface area contributed by atoms with Gasteiger partial charge in [0.05, 0.1) is 45.3 Å². The summed E-state index contributed by atoms with van der Waals surface area (Å²) in [5.74, 6) is -0.752. The molecule has 0 heterocycles. The fraction of sp³-hybridized carbons (Fsp3) is 0.939. The number of ether oxygens (including phenoxy) is 2. The second kappa shape index (κ2) is 42.8. The fourth-order valence-electron chi connectivity index (χ4n) is 8.12. The third kappa shape index (κ3) is 36.0. The van der Waals surface area contributed by atoms with E-state index in [2.05, 4.69) is 34.6 Å². The summed E-state index contributed by atoms with van der Waals surface area (Å²) >= 11 is 0. The van der Waals surface area contributed by atoms with Crippen LogP contribution in [0.1, 0.15) is 240 Å². The van der Waals surface area contributed by atoms with Crippen molar-refractivity contribution in [3.8, 4) is 6.07 Å². The molecule has 0 rings (SSSR count). The summed E-state index contributed by atoms with van der Waals surface area (Å²) in [7, 11) is -4.12. The molecule has 0 amide bonds. The maximum absolute atomic E-state index is 13.9. The second-order valence-electron chi connectivity index (χ2n) is 17.3. The van der Waals surface area contributed by atoms with Crippen LogP contribution in [0.15, 0.2) is 0 Å². The van der Waals surface area contributed by atoms with Gasteiger partial charge in [-0.05, 0) is 32.1 Å². The monoisotopic (exact) mass is 872 g/mol. The van der Waals surface area contributed by atoms with Crippen molar-refractivity contribution in [3.63, 3.8) is 0 Å². The highest BCUT2D eigenvalue weighted by atomic mass is 31.2. The molecule has 0 aliphatic carbocycles. The van der Waals surface area contributed by atoms with Crippen LogP contribution in [0.5, 0.6) is 0 Å². The van der Waals surface area contributed by atoms with Gasteiger partial charge in [0.15, 0.2) is 6.10 Å². The molecule has 0 aromatic heterocycles. The zero-order chi connectivity index (χ0) is 44.3. The highest BCUT2D eigenvalue weighted by molar-refractivity contribution is 7.48. The average molecular weight is 872 g/mol. The number of phosphoric ester groups is 1. The van der Waals surface area contributed by atoms with Crippen LogP contribution in [0.2, 0.25) is 0 Å². The number of quaternary nitrogens is 1. The van der Waals surface area contributed by atoms with Gasteiger partial charge in [0.1, 0.15) is 19.8 Å². The molecule has 2 atom stereocenters. The maximum Gasteiger partial charge on any atom is 0.475 e. The Kier molecular flexibility index (Phi) is 41.7. The van der Waals surface area contributed by atoms with Gasteiger partial charge in [-0.15, -0.1) is 0 Å². The van der Waals surface area contributed by atoms with Gasteiger partial charge in [0.25, 0.3) is 0 Å². The molecule has 0 aromatic carbocycles. The first-order valence-electron chi connectivity index (χ1n) is 25.3. The van der Waals surface area contributed by atoms with Gasteiger partial charge in [0, 0.05) is 12.8 Å². The highest BCUT2D eigenvalue weighted by Gasteiger charge is 2.32. The predicted octanol–water partition coefficient (Wildman–Crippen LogP) is 14.5. The van der Waals surface area contributed by atoms with Gasteiger partial charge < -0.3 is 14.0 Å². The van der Waals surface area contributed by atoms with Crippen LogP contribution >= 0.6 is 7.82 Å². The summed E-state index contributed by atoms with van der Waals surface area (Å²) in [4.78, 5) is 25.8. The van der Waals surface area contributed by atoms with Crippen LogP contribution in [0, 0.1) is 11.3 Å². The van der Waals surface area contributed by atoms with Gasteiger partial charge in [-0.3, -0.25) is 23.2 Å². The van der Waals surface area contributed by atoms with Gasteiger partial charge in [-0.1, -0.05) is 189 Å². The normalized spacial score (nSPS) is 13.2. The number of carbonyl (C=O) groups is 2. The lowest BCUT2D eigenvalue weighted by molar-refractivity contribution is -0.928. The minimum absolute atomic E-state index is 0.0204. The van der Waals surface area contributed by atoms with Gasteiger partial charge in [-0.25, -0.2) is 4.57 Å². The lowest BCUT2D eigenvalue weighted by Gasteiger charge is -2.38. The number of carbonyl (C=O) groups excluding carboxylic acids is 2. The summed E-state index contributed by atoms with van der Waals surface area (Å²) in [6.07, 6.45) is 34.4. The zero-order valence-electron chi connectivity index (χ0n) is 40.0. The van der Waals surface area contributed by atoms with Crippen LogP contribution < -0.4 is 0 Å². The summed E-state index contributed by atoms with van der Waals surface area (Å²) in [6, 6.07) is 2.00. The molecule has 0 aliphatic rings. The Morgan fingerprint density at radius 2 is 0.867 bits per heavy atom. The largest absolute Gasteiger partial charge is 0.475 e. The van der Waals surface area contributed by atoms with Crippen LogP contribution in [0.25, 0.3) is 0 Å². The van der Waals surface area contributed by atoms with Crippen molar-refractivity contribution in [1.82, 2.24) is 0 Å². The minimum Gasteiger partial charge on any atom is -0.462 e. The van der Waals surface area contributed by atoms with Crippen LogP contribution in [-0.4, -0.2) is 75.1 Å². The first-order valence-corrected chi connectivity index (χ1v) is 26.8. The Balaban J connectivity index is 5.09. The predicted molar refractivity (Wildman–Crippen MR) is 248 cm³/mol. The average Bonchev–Trinajstić information content (AvgIpc) is 3.22. The molecule has 0 spiro atoms. The molecular formula is C49H96N2O8P+. The van der Waals surface area contributed by atoms with E-state index in [9.17, 15) is 14.2 Å². The standard InChI is InChI=1S/C49H96N2O8P/c1-6-11-13-15-17-19-21-23-25-27-29-31-33-36-48(52)55-45-47(59-49(53)37-34-32-30-28-26-24-22-20-18-16-14-12-7-2)46-58-60(54,56-43-35-38-50)57-44-42-51(39-8-3,40-9-4)41-10-5/h47H,6-37,39-46H2,1-5H3/q+1. The molecule has 0 saturated heterocycles. The molecule has 0 N–H and O–H groups in total. The Morgan fingerprint density at radius 1 is 0.483 bits per heavy atom. The number of rotatable bonds is 47. The van der Waals surface area contributed by atoms with E-state index < -0.39 is 19.9 Å². The van der Waals surface area contributed by atoms with Gasteiger partial charge >= 0.3 is 19.8 Å². The third-order valence-electron chi connectivity index (χ3n) is 11.5. The molecule has 11 heteroatoms. The van der Waals surface area contributed by atoms with Crippen molar-refractivity contribution < 1.29 is 41.7 Å². The van der Waals surface area contributed by atoms with E-state index in [-0.39, 0.29) is 45.2 Å². The molecule has 0 radical (unpaired) electrons. The van der Waals surface area contributed by atoms with Crippen molar-refractivity contribution >= 4 is 19.8 Å². The van der Waals surface area contributed by atoms with Crippen molar-refractivity contribution in [2.45, 2.75) is 246 Å². The molecule has 0 bridgehead atoms. The highest BCUT2D eigenvalue weighted by Crippen LogP contribution is 2.49. The quantitative estimate of drug-likeness (QED) is 0.0255. The van der Waals surface area contributed by atoms with Crippen LogP contribution in [0.4, 0.5) is 0 Å². The molecule has 10 nitrogen and oxygen atoms in total. The Morgan fingerprint density at radius 3 is 1.27 bits per heavy atom. The van der Waals surface area contributed by atoms with E-state index in [0.29, 0.717) is 13.0 Å². The number of esters is 2. The molecular weight excluding hydrogens is 776 g/mol. The first kappa shape index (κ1) is 58.5. The third-order valence-corrected chi connectivity index (χ3v) is 13.0. The Labute approximate surface area is 370 Å². The summed E-state index contributed by atoms with van der Waals surface area (Å²) in [6.45, 7) is 14.2. The molecule has 2 unspecified atom stereocenters. The van der Waals surface area contributed by atoms with Crippen LogP contribution in [-0.2, 0) is 37.2 Å². The lowest BCUT2D eigenvalue weighted by Crippen LogP contribution is -2.51. The van der Waals surface area contributed by atoms with Crippen molar-refractivity contribution in [3.05, 3.63) is 0 Å². The molecule has 0 saturated carbocycles. The number of hydrogen-bond acceptors (Lipinski definition) is 9. The lowest BCUT2D eigenvalue weighted by atomic mass is 10.0. The molecule has 0 fully saturated rings. The first-order chi connectivity index (χ1) is 29.2. The SMILES string of the molecule is CCCCCCCCCCCCCCCC(=O)OCC(COP(=O)(OCCC#N)OCC[N+](CCC)(CCC)CCC)OC(=O)CCCCCCCCCCCCCCC. The topological polar surface area (TPSA) is 121 Å². The maximum atomic E-state index is 13.9. The number of nitrogens with zero attached hydrogens (tertiary/aromatic N) is 2. The van der Waals surface area contributed by atoms with Crippen molar-refractivity contribution in [2.24, 2.45) is 0 Å². The zero-order valence-corrected chi connectivity index (χ0v) is 40.9. The molecule has 0 aromatic rings. The van der Waals surface area contributed by atoms with Crippen molar-refractivity contribution in [1.29, 1.82) is 5.26 Å². The van der Waals surface area contributed by atoms with E-state index >= 15 is 0 Å². The summed E-state index contributed by atoms with van der Waals surface area (Å²) < 4.78 is 43.4. The van der Waals surface area contributed by atoms with E-state index in [1.807, 2.05) is 6.07 Å². The number of nitriles is 1. The van der Waals surface area contributed by atoms with E-state index in [1.165, 1.54) is 128 Å². The van der Waals surface area contributed by atoms with E-state index in [4.69, 9.17) is 28.3 Å². The van der Waals surface area contributed by atoms with Gasteiger partial charge in [-0.2, -0.15) is 5.26 Å². The van der Waals surface area contributed by atoms with Gasteiger partial charge in [0.2, 0.25) is 0 Å². The second-order valence-corrected chi connectivity index (χ2v) is 19.0. The smallest absolute Gasteiger partial charge is 0.462 e. The fourth-order valence-corrected chi connectivity index (χ4v) is 9.32. The number of hydrogen-bond donors (Lipinski definition) is 0. The number of phosphoric acid groups is 1. The van der Waals surface area contributed by atoms with E-state index in [1.54, 1.807) is 0 Å². The molecule has 354 valence electrons. The van der Waals surface area contributed by atoms with Crippen molar-refractivity contribution in [2.75, 3.05) is 52.6 Å². The summed E-state index contributed by atoms with van der Waals surface area (Å²) in [5.41, 5.74) is 0. The molecule has 0 aliphatic heterocycles. The molecule has 60 heavy (non-hydrogen) atoms.